The van der Waals surface area contributed by atoms with Crippen LogP contribution in [0.2, 0.25) is 0 Å². The highest BCUT2D eigenvalue weighted by atomic mass is 32.2. The number of alkyl halides is 1. The van der Waals surface area contributed by atoms with Crippen molar-refractivity contribution < 1.29 is 17.6 Å². The number of hydrogen-bond acceptors (Lipinski definition) is 5. The van der Waals surface area contributed by atoms with Crippen molar-refractivity contribution in [3.8, 4) is 6.07 Å². The van der Waals surface area contributed by atoms with Gasteiger partial charge in [0.25, 0.3) is 0 Å². The van der Waals surface area contributed by atoms with Gasteiger partial charge in [0, 0.05) is 19.5 Å². The standard InChI is InChI=1S/C15H25FN4O3S/c1-11(2)24(22,23)19-4-3-12(9-19)7-18-8-15(21)20-10-13(16)5-14(20)6-17/h11-14,18H,3-5,7-10H2,1-2H3/t12-,13+,14+/m1/s1. The van der Waals surface area contributed by atoms with Gasteiger partial charge < -0.3 is 10.2 Å². The monoisotopic (exact) mass is 360 g/mol. The first kappa shape index (κ1) is 19.1. The minimum absolute atomic E-state index is 0.0252. The lowest BCUT2D eigenvalue weighted by atomic mass is 10.1. The number of rotatable bonds is 6. The lowest BCUT2D eigenvalue weighted by molar-refractivity contribution is -0.130. The Morgan fingerprint density at radius 1 is 1.42 bits per heavy atom. The van der Waals surface area contributed by atoms with Crippen LogP contribution >= 0.6 is 0 Å². The summed E-state index contributed by atoms with van der Waals surface area (Å²) in [4.78, 5) is 13.4. The van der Waals surface area contributed by atoms with Crippen LogP contribution in [0.15, 0.2) is 0 Å². The van der Waals surface area contributed by atoms with Crippen molar-refractivity contribution in [2.45, 2.75) is 44.2 Å². The molecule has 0 aromatic heterocycles. The summed E-state index contributed by atoms with van der Waals surface area (Å²) in [7, 11) is -3.23. The number of nitrogens with one attached hydrogen (secondary N) is 1. The zero-order chi connectivity index (χ0) is 17.9. The van der Waals surface area contributed by atoms with Gasteiger partial charge in [-0.05, 0) is 32.7 Å². The third-order valence-electron chi connectivity index (χ3n) is 4.63. The van der Waals surface area contributed by atoms with Crippen LogP contribution in [0.4, 0.5) is 4.39 Å². The summed E-state index contributed by atoms with van der Waals surface area (Å²) in [6.07, 6.45) is -0.305. The summed E-state index contributed by atoms with van der Waals surface area (Å²) in [5.74, 6) is -0.128. The number of sulfonamides is 1. The molecule has 2 heterocycles. The summed E-state index contributed by atoms with van der Waals surface area (Å²) in [5, 5.41) is 11.5. The molecule has 2 aliphatic heterocycles. The zero-order valence-corrected chi connectivity index (χ0v) is 14.9. The maximum Gasteiger partial charge on any atom is 0.237 e. The van der Waals surface area contributed by atoms with E-state index in [1.54, 1.807) is 13.8 Å². The number of carbonyl (C=O) groups is 1. The third-order valence-corrected chi connectivity index (χ3v) is 6.88. The molecule has 0 aromatic carbocycles. The van der Waals surface area contributed by atoms with Crippen LogP contribution in [0, 0.1) is 17.2 Å². The Morgan fingerprint density at radius 2 is 2.12 bits per heavy atom. The molecular formula is C15H25FN4O3S. The van der Waals surface area contributed by atoms with Gasteiger partial charge in [-0.25, -0.2) is 17.1 Å². The Hall–Kier alpha value is -1.24. The summed E-state index contributed by atoms with van der Waals surface area (Å²) in [6, 6.07) is 1.27. The lowest BCUT2D eigenvalue weighted by Crippen LogP contribution is -2.42. The first-order valence-electron chi connectivity index (χ1n) is 8.28. The first-order valence-corrected chi connectivity index (χ1v) is 9.78. The first-order chi connectivity index (χ1) is 11.3. The molecule has 2 saturated heterocycles. The highest BCUT2D eigenvalue weighted by Crippen LogP contribution is 2.22. The van der Waals surface area contributed by atoms with Crippen molar-refractivity contribution in [2.75, 3.05) is 32.7 Å². The molecule has 1 amide bonds. The molecule has 3 atom stereocenters. The predicted molar refractivity (Wildman–Crippen MR) is 87.2 cm³/mol. The average Bonchev–Trinajstić information content (AvgIpc) is 3.13. The van der Waals surface area contributed by atoms with Crippen LogP contribution in [0.25, 0.3) is 0 Å². The minimum Gasteiger partial charge on any atom is -0.323 e. The Balaban J connectivity index is 1.76. The van der Waals surface area contributed by atoms with E-state index in [9.17, 15) is 17.6 Å². The molecule has 0 unspecified atom stereocenters. The van der Waals surface area contributed by atoms with Crippen LogP contribution in [0.3, 0.4) is 0 Å². The largest absolute Gasteiger partial charge is 0.323 e. The highest BCUT2D eigenvalue weighted by molar-refractivity contribution is 7.89. The molecule has 24 heavy (non-hydrogen) atoms. The van der Waals surface area contributed by atoms with Gasteiger partial charge in [-0.1, -0.05) is 0 Å². The van der Waals surface area contributed by atoms with E-state index in [2.05, 4.69) is 5.32 Å². The number of hydrogen-bond donors (Lipinski definition) is 1. The molecule has 2 aliphatic rings. The fourth-order valence-electron chi connectivity index (χ4n) is 3.16. The fraction of sp³-hybridized carbons (Fsp3) is 0.867. The van der Waals surface area contributed by atoms with Crippen LogP contribution in [-0.4, -0.2) is 73.7 Å². The lowest BCUT2D eigenvalue weighted by Gasteiger charge is -2.21. The molecular weight excluding hydrogens is 335 g/mol. The summed E-state index contributed by atoms with van der Waals surface area (Å²) < 4.78 is 39.1. The van der Waals surface area contributed by atoms with Crippen molar-refractivity contribution in [3.63, 3.8) is 0 Å². The molecule has 0 aromatic rings. The second kappa shape index (κ2) is 7.76. The van der Waals surface area contributed by atoms with E-state index in [4.69, 9.17) is 5.26 Å². The third kappa shape index (κ3) is 4.23. The number of halogens is 1. The second-order valence-corrected chi connectivity index (χ2v) is 9.25. The fourth-order valence-corrected chi connectivity index (χ4v) is 4.54. The SMILES string of the molecule is CC(C)S(=O)(=O)N1CC[C@H](CNCC(=O)N2C[C@@H](F)C[C@H]2C#N)C1. The van der Waals surface area contributed by atoms with Crippen LogP contribution in [-0.2, 0) is 14.8 Å². The van der Waals surface area contributed by atoms with E-state index in [0.717, 1.165) is 6.42 Å². The molecule has 2 rings (SSSR count). The van der Waals surface area contributed by atoms with Gasteiger partial charge in [0.05, 0.1) is 24.4 Å². The summed E-state index contributed by atoms with van der Waals surface area (Å²) in [6.45, 7) is 4.84. The topological polar surface area (TPSA) is 93.5 Å². The normalized spacial score (nSPS) is 28.5. The minimum atomic E-state index is -3.23. The number of likely N-dealkylation sites (tertiary alicyclic amines) is 1. The van der Waals surface area contributed by atoms with E-state index in [-0.39, 0.29) is 31.3 Å². The molecule has 0 bridgehead atoms. The molecule has 2 fully saturated rings. The summed E-state index contributed by atoms with van der Waals surface area (Å²) >= 11 is 0. The van der Waals surface area contributed by atoms with Gasteiger partial charge in [-0.3, -0.25) is 4.79 Å². The Bertz CT molecular complexity index is 604. The molecule has 1 N–H and O–H groups in total. The number of nitriles is 1. The molecule has 0 aliphatic carbocycles. The van der Waals surface area contributed by atoms with Crippen molar-refractivity contribution in [1.82, 2.24) is 14.5 Å². The molecule has 7 nitrogen and oxygen atoms in total. The van der Waals surface area contributed by atoms with Crippen LogP contribution in [0.1, 0.15) is 26.7 Å². The van der Waals surface area contributed by atoms with Crippen molar-refractivity contribution in [3.05, 3.63) is 0 Å². The molecule has 136 valence electrons. The van der Waals surface area contributed by atoms with Crippen molar-refractivity contribution in [1.29, 1.82) is 5.26 Å². The summed E-state index contributed by atoms with van der Waals surface area (Å²) in [5.41, 5.74) is 0. The average molecular weight is 360 g/mol. The van der Waals surface area contributed by atoms with E-state index < -0.39 is 27.5 Å². The van der Waals surface area contributed by atoms with E-state index in [1.807, 2.05) is 6.07 Å². The van der Waals surface area contributed by atoms with Gasteiger partial charge in [0.2, 0.25) is 15.9 Å². The number of amides is 1. The molecule has 0 spiro atoms. The molecule has 0 saturated carbocycles. The number of carbonyl (C=O) groups excluding carboxylic acids is 1. The van der Waals surface area contributed by atoms with Gasteiger partial charge in [-0.15, -0.1) is 0 Å². The molecule has 9 heteroatoms. The van der Waals surface area contributed by atoms with Crippen molar-refractivity contribution >= 4 is 15.9 Å². The second-order valence-electron chi connectivity index (χ2n) is 6.76. The predicted octanol–water partition coefficient (Wildman–Crippen LogP) is 0.0987. The van der Waals surface area contributed by atoms with Crippen molar-refractivity contribution in [2.24, 2.45) is 5.92 Å². The van der Waals surface area contributed by atoms with Crippen LogP contribution < -0.4 is 5.32 Å². The quantitative estimate of drug-likeness (QED) is 0.725. The number of nitrogens with zero attached hydrogens (tertiary/aromatic N) is 3. The van der Waals surface area contributed by atoms with Gasteiger partial charge in [-0.2, -0.15) is 5.26 Å². The maximum absolute atomic E-state index is 13.3. The van der Waals surface area contributed by atoms with Gasteiger partial charge in [0.15, 0.2) is 0 Å². The van der Waals surface area contributed by atoms with Gasteiger partial charge >= 0.3 is 0 Å². The van der Waals surface area contributed by atoms with E-state index in [0.29, 0.717) is 19.6 Å². The highest BCUT2D eigenvalue weighted by Gasteiger charge is 2.36. The smallest absolute Gasteiger partial charge is 0.237 e. The van der Waals surface area contributed by atoms with Gasteiger partial charge in [0.1, 0.15) is 12.2 Å². The maximum atomic E-state index is 13.3. The Morgan fingerprint density at radius 3 is 2.75 bits per heavy atom. The van der Waals surface area contributed by atoms with E-state index in [1.165, 1.54) is 9.21 Å². The Kier molecular flexibility index (Phi) is 6.17. The molecule has 0 radical (unpaired) electrons. The Labute approximate surface area is 142 Å². The van der Waals surface area contributed by atoms with E-state index >= 15 is 0 Å². The van der Waals surface area contributed by atoms with Crippen LogP contribution in [0.5, 0.6) is 0 Å². The zero-order valence-electron chi connectivity index (χ0n) is 14.1.